The molecule has 2 heterocycles. The quantitative estimate of drug-likeness (QED) is 0.484. The van der Waals surface area contributed by atoms with Gasteiger partial charge in [0.05, 0.1) is 24.5 Å². The number of hydrogen-bond acceptors (Lipinski definition) is 3. The standard InChI is InChI=1S/C25H29N5/c1-19-14-15-23-22(28-25(26-2)30(23)17-19)18-29(3)24(21-12-8-5-9-13-21)27-16-20-10-6-4-7-11-20/h4-15,19H,16-18H2,1-3H3,(H,26,28). The molecule has 0 fully saturated rings. The van der Waals surface area contributed by atoms with Crippen molar-refractivity contribution in [2.75, 3.05) is 19.4 Å². The van der Waals surface area contributed by atoms with Crippen molar-refractivity contribution in [2.45, 2.75) is 26.6 Å². The third-order valence-corrected chi connectivity index (χ3v) is 5.39. The highest BCUT2D eigenvalue weighted by Crippen LogP contribution is 2.26. The molecule has 0 aliphatic carbocycles. The van der Waals surface area contributed by atoms with E-state index < -0.39 is 0 Å². The molecule has 1 unspecified atom stereocenters. The molecular formula is C25H29N5. The van der Waals surface area contributed by atoms with Crippen LogP contribution in [0.15, 0.2) is 71.7 Å². The van der Waals surface area contributed by atoms with Crippen molar-refractivity contribution in [3.8, 4) is 0 Å². The van der Waals surface area contributed by atoms with Crippen LogP contribution >= 0.6 is 0 Å². The third-order valence-electron chi connectivity index (χ3n) is 5.39. The SMILES string of the molecule is CNc1nc(CN(C)C(=NCc2ccccc2)c2ccccc2)c2n1CC(C)C=C2. The van der Waals surface area contributed by atoms with Crippen LogP contribution in [-0.4, -0.2) is 34.4 Å². The van der Waals surface area contributed by atoms with E-state index in [0.717, 1.165) is 29.6 Å². The number of nitrogens with zero attached hydrogens (tertiary/aromatic N) is 4. The molecule has 154 valence electrons. The number of anilines is 1. The van der Waals surface area contributed by atoms with Crippen molar-refractivity contribution in [3.63, 3.8) is 0 Å². The van der Waals surface area contributed by atoms with Gasteiger partial charge in [-0.15, -0.1) is 0 Å². The number of aromatic nitrogens is 2. The summed E-state index contributed by atoms with van der Waals surface area (Å²) < 4.78 is 2.27. The van der Waals surface area contributed by atoms with Crippen molar-refractivity contribution < 1.29 is 0 Å². The van der Waals surface area contributed by atoms with Gasteiger partial charge in [-0.3, -0.25) is 4.99 Å². The second kappa shape index (κ2) is 8.99. The normalized spacial score (nSPS) is 15.7. The Morgan fingerprint density at radius 2 is 1.83 bits per heavy atom. The smallest absolute Gasteiger partial charge is 0.203 e. The molecule has 1 aliphatic heterocycles. The van der Waals surface area contributed by atoms with E-state index in [0.29, 0.717) is 19.0 Å². The Hall–Kier alpha value is -3.34. The van der Waals surface area contributed by atoms with Crippen LogP contribution in [0.4, 0.5) is 5.95 Å². The van der Waals surface area contributed by atoms with E-state index in [4.69, 9.17) is 9.98 Å². The van der Waals surface area contributed by atoms with E-state index in [1.807, 2.05) is 19.2 Å². The molecule has 30 heavy (non-hydrogen) atoms. The first-order valence-electron chi connectivity index (χ1n) is 10.5. The van der Waals surface area contributed by atoms with Gasteiger partial charge in [-0.1, -0.05) is 73.7 Å². The summed E-state index contributed by atoms with van der Waals surface area (Å²) in [6, 6.07) is 20.8. The van der Waals surface area contributed by atoms with Crippen LogP contribution in [-0.2, 0) is 19.6 Å². The third kappa shape index (κ3) is 4.30. The Balaban J connectivity index is 1.63. The second-order valence-corrected chi connectivity index (χ2v) is 7.81. The molecule has 1 aromatic heterocycles. The minimum absolute atomic E-state index is 0.511. The predicted octanol–water partition coefficient (Wildman–Crippen LogP) is 4.67. The Bertz CT molecular complexity index is 1030. The van der Waals surface area contributed by atoms with Crippen LogP contribution in [0.1, 0.15) is 29.4 Å². The maximum atomic E-state index is 4.99. The van der Waals surface area contributed by atoms with Crippen LogP contribution in [0.25, 0.3) is 6.08 Å². The largest absolute Gasteiger partial charge is 0.359 e. The molecule has 0 bridgehead atoms. The van der Waals surface area contributed by atoms with E-state index >= 15 is 0 Å². The van der Waals surface area contributed by atoms with Crippen molar-refractivity contribution in [3.05, 3.63) is 89.3 Å². The lowest BCUT2D eigenvalue weighted by Gasteiger charge is -2.22. The molecule has 5 nitrogen and oxygen atoms in total. The molecule has 0 amide bonds. The zero-order chi connectivity index (χ0) is 20.9. The fraction of sp³-hybridized carbons (Fsp3) is 0.280. The van der Waals surface area contributed by atoms with Gasteiger partial charge in [-0.05, 0) is 17.6 Å². The van der Waals surface area contributed by atoms with E-state index in [1.165, 1.54) is 11.3 Å². The number of fused-ring (bicyclic) bond motifs is 1. The molecule has 0 saturated heterocycles. The van der Waals surface area contributed by atoms with Gasteiger partial charge >= 0.3 is 0 Å². The first kappa shape index (κ1) is 20.0. The lowest BCUT2D eigenvalue weighted by atomic mass is 10.1. The lowest BCUT2D eigenvalue weighted by molar-refractivity contribution is 0.489. The maximum absolute atomic E-state index is 4.99. The van der Waals surface area contributed by atoms with Crippen LogP contribution in [0, 0.1) is 5.92 Å². The number of hydrogen-bond donors (Lipinski definition) is 1. The van der Waals surface area contributed by atoms with Gasteiger partial charge in [0.25, 0.3) is 0 Å². The van der Waals surface area contributed by atoms with E-state index in [1.54, 1.807) is 0 Å². The minimum Gasteiger partial charge on any atom is -0.359 e. The summed E-state index contributed by atoms with van der Waals surface area (Å²) in [5.41, 5.74) is 4.56. The fourth-order valence-electron chi connectivity index (χ4n) is 3.87. The van der Waals surface area contributed by atoms with Crippen LogP contribution < -0.4 is 5.32 Å². The highest BCUT2D eigenvalue weighted by Gasteiger charge is 2.21. The van der Waals surface area contributed by atoms with Crippen LogP contribution in [0.3, 0.4) is 0 Å². The first-order valence-corrected chi connectivity index (χ1v) is 10.5. The van der Waals surface area contributed by atoms with Crippen molar-refractivity contribution in [1.29, 1.82) is 0 Å². The van der Waals surface area contributed by atoms with Crippen molar-refractivity contribution in [2.24, 2.45) is 10.9 Å². The molecular weight excluding hydrogens is 370 g/mol. The number of nitrogens with one attached hydrogen (secondary N) is 1. The highest BCUT2D eigenvalue weighted by atomic mass is 15.2. The van der Waals surface area contributed by atoms with Gasteiger partial charge in [0, 0.05) is 26.2 Å². The summed E-state index contributed by atoms with van der Waals surface area (Å²) in [6.07, 6.45) is 4.47. The second-order valence-electron chi connectivity index (χ2n) is 7.81. The lowest BCUT2D eigenvalue weighted by Crippen LogP contribution is -2.28. The Morgan fingerprint density at radius 1 is 1.13 bits per heavy atom. The number of aliphatic imine (C=N–C) groups is 1. The van der Waals surface area contributed by atoms with Crippen molar-refractivity contribution >= 4 is 17.9 Å². The summed E-state index contributed by atoms with van der Waals surface area (Å²) in [7, 11) is 4.03. The van der Waals surface area contributed by atoms with Gasteiger partial charge in [-0.25, -0.2) is 4.98 Å². The van der Waals surface area contributed by atoms with Crippen molar-refractivity contribution in [1.82, 2.24) is 14.5 Å². The van der Waals surface area contributed by atoms with E-state index in [-0.39, 0.29) is 0 Å². The Labute approximate surface area is 178 Å². The molecule has 0 radical (unpaired) electrons. The van der Waals surface area contributed by atoms with Gasteiger partial charge in [0.1, 0.15) is 5.84 Å². The summed E-state index contributed by atoms with van der Waals surface area (Å²) in [4.78, 5) is 12.1. The predicted molar refractivity (Wildman–Crippen MR) is 125 cm³/mol. The van der Waals surface area contributed by atoms with E-state index in [9.17, 15) is 0 Å². The molecule has 0 spiro atoms. The first-order chi connectivity index (χ1) is 14.7. The number of amidine groups is 1. The molecule has 1 atom stereocenters. The Kier molecular flexibility index (Phi) is 5.98. The molecule has 1 aliphatic rings. The summed E-state index contributed by atoms with van der Waals surface area (Å²) >= 11 is 0. The summed E-state index contributed by atoms with van der Waals surface area (Å²) in [5.74, 6) is 2.41. The minimum atomic E-state index is 0.511. The fourth-order valence-corrected chi connectivity index (χ4v) is 3.87. The maximum Gasteiger partial charge on any atom is 0.203 e. The van der Waals surface area contributed by atoms with Gasteiger partial charge in [0.15, 0.2) is 0 Å². The summed E-state index contributed by atoms with van der Waals surface area (Å²) in [5, 5.41) is 3.25. The number of imidazole rings is 1. The van der Waals surface area contributed by atoms with Gasteiger partial charge in [0.2, 0.25) is 5.95 Å². The zero-order valence-electron chi connectivity index (χ0n) is 17.9. The van der Waals surface area contributed by atoms with E-state index in [2.05, 4.69) is 89.4 Å². The zero-order valence-corrected chi connectivity index (χ0v) is 17.9. The van der Waals surface area contributed by atoms with Gasteiger partial charge < -0.3 is 14.8 Å². The molecule has 5 heteroatoms. The monoisotopic (exact) mass is 399 g/mol. The van der Waals surface area contributed by atoms with Crippen LogP contribution in [0.2, 0.25) is 0 Å². The number of benzene rings is 2. The van der Waals surface area contributed by atoms with Gasteiger partial charge in [-0.2, -0.15) is 0 Å². The molecule has 1 N–H and O–H groups in total. The Morgan fingerprint density at radius 3 is 2.53 bits per heavy atom. The molecule has 0 saturated carbocycles. The number of allylic oxidation sites excluding steroid dienone is 1. The topological polar surface area (TPSA) is 45.5 Å². The number of rotatable bonds is 6. The average molecular weight is 400 g/mol. The summed E-state index contributed by atoms with van der Waals surface area (Å²) in [6.45, 7) is 4.52. The molecule has 2 aromatic carbocycles. The molecule has 4 rings (SSSR count). The average Bonchev–Trinajstić information content (AvgIpc) is 3.12. The van der Waals surface area contributed by atoms with Crippen LogP contribution in [0.5, 0.6) is 0 Å². The highest BCUT2D eigenvalue weighted by molar-refractivity contribution is 5.98. The molecule has 3 aromatic rings.